The Morgan fingerprint density at radius 2 is 1.83 bits per heavy atom. The van der Waals surface area contributed by atoms with Gasteiger partial charge in [-0.15, -0.1) is 0 Å². The van der Waals surface area contributed by atoms with Crippen LogP contribution in [0.3, 0.4) is 0 Å². The molecule has 0 aliphatic carbocycles. The predicted molar refractivity (Wildman–Crippen MR) is 110 cm³/mol. The first-order chi connectivity index (χ1) is 14.4. The van der Waals surface area contributed by atoms with Gasteiger partial charge in [-0.25, -0.2) is 13.4 Å². The molecule has 0 saturated carbocycles. The molecule has 0 bridgehead atoms. The molecule has 0 unspecified atom stereocenters. The number of aliphatic carboxylic acids is 1. The normalized spacial score (nSPS) is 16.6. The lowest BCUT2D eigenvalue weighted by atomic mass is 9.94. The van der Waals surface area contributed by atoms with Crippen molar-refractivity contribution in [1.29, 1.82) is 0 Å². The second kappa shape index (κ2) is 8.06. The van der Waals surface area contributed by atoms with Crippen molar-refractivity contribution < 1.29 is 23.1 Å². The van der Waals surface area contributed by atoms with E-state index in [-0.39, 0.29) is 17.3 Å². The van der Waals surface area contributed by atoms with Crippen molar-refractivity contribution in [2.24, 2.45) is 0 Å². The number of pyridine rings is 1. The summed E-state index contributed by atoms with van der Waals surface area (Å²) in [6.45, 7) is 0.0688. The Kier molecular flexibility index (Phi) is 5.46. The van der Waals surface area contributed by atoms with Gasteiger partial charge in [-0.1, -0.05) is 35.9 Å². The summed E-state index contributed by atoms with van der Waals surface area (Å²) >= 11 is 5.84. The van der Waals surface area contributed by atoms with Crippen LogP contribution in [0.4, 0.5) is 0 Å². The molecule has 1 aromatic heterocycles. The molecular formula is C21H17ClN2O5S. The Morgan fingerprint density at radius 3 is 2.50 bits per heavy atom. The molecule has 0 amide bonds. The van der Waals surface area contributed by atoms with Gasteiger partial charge in [-0.3, -0.25) is 4.79 Å². The van der Waals surface area contributed by atoms with Crippen LogP contribution in [0, 0.1) is 0 Å². The van der Waals surface area contributed by atoms with Crippen LogP contribution in [0.2, 0.25) is 5.02 Å². The summed E-state index contributed by atoms with van der Waals surface area (Å²) in [6, 6.07) is 15.1. The van der Waals surface area contributed by atoms with Crippen LogP contribution in [0.15, 0.2) is 71.8 Å². The standard InChI is InChI=1S/C21H17ClN2O5S/c22-15-5-7-16(8-6-15)29-19-10-9-17(13-23-19)30(27,28)24-12-11-14-3-1-2-4-18(14)20(24)21(25)26/h1-10,13,20H,11-12H2,(H,25,26)/t20-/m1/s1. The second-order valence-corrected chi connectivity index (χ2v) is 9.02. The quantitative estimate of drug-likeness (QED) is 0.641. The van der Waals surface area contributed by atoms with Crippen molar-refractivity contribution in [3.8, 4) is 11.6 Å². The van der Waals surface area contributed by atoms with Crippen LogP contribution in [-0.4, -0.2) is 35.3 Å². The van der Waals surface area contributed by atoms with E-state index in [4.69, 9.17) is 16.3 Å². The minimum Gasteiger partial charge on any atom is -0.480 e. The van der Waals surface area contributed by atoms with Gasteiger partial charge in [0.2, 0.25) is 15.9 Å². The van der Waals surface area contributed by atoms with Gasteiger partial charge in [0.05, 0.1) is 6.20 Å². The van der Waals surface area contributed by atoms with Crippen molar-refractivity contribution in [3.63, 3.8) is 0 Å². The largest absolute Gasteiger partial charge is 0.480 e. The van der Waals surface area contributed by atoms with Crippen LogP contribution in [0.5, 0.6) is 11.6 Å². The highest BCUT2D eigenvalue weighted by Gasteiger charge is 2.40. The third kappa shape index (κ3) is 3.89. The van der Waals surface area contributed by atoms with Crippen LogP contribution < -0.4 is 4.74 Å². The van der Waals surface area contributed by atoms with Crippen LogP contribution in [0.25, 0.3) is 0 Å². The molecule has 0 spiro atoms. The Labute approximate surface area is 178 Å². The fraction of sp³-hybridized carbons (Fsp3) is 0.143. The molecule has 7 nitrogen and oxygen atoms in total. The summed E-state index contributed by atoms with van der Waals surface area (Å²) < 4.78 is 33.0. The Morgan fingerprint density at radius 1 is 1.10 bits per heavy atom. The molecule has 2 heterocycles. The third-order valence-corrected chi connectivity index (χ3v) is 6.93. The number of nitrogens with zero attached hydrogens (tertiary/aromatic N) is 2. The number of benzene rings is 2. The fourth-order valence-corrected chi connectivity index (χ4v) is 5.03. The number of ether oxygens (including phenoxy) is 1. The number of aromatic nitrogens is 1. The molecule has 9 heteroatoms. The highest BCUT2D eigenvalue weighted by molar-refractivity contribution is 7.89. The summed E-state index contributed by atoms with van der Waals surface area (Å²) in [6.07, 6.45) is 1.60. The van der Waals surface area contributed by atoms with E-state index in [9.17, 15) is 18.3 Å². The zero-order chi connectivity index (χ0) is 21.3. The lowest BCUT2D eigenvalue weighted by Crippen LogP contribution is -2.43. The molecule has 0 saturated heterocycles. The molecule has 0 fully saturated rings. The van der Waals surface area contributed by atoms with Gasteiger partial charge in [0.1, 0.15) is 16.7 Å². The summed E-state index contributed by atoms with van der Waals surface area (Å²) in [7, 11) is -4.08. The molecular weight excluding hydrogens is 428 g/mol. The first-order valence-corrected chi connectivity index (χ1v) is 10.9. The predicted octanol–water partition coefficient (Wildman–Crippen LogP) is 3.90. The molecule has 30 heavy (non-hydrogen) atoms. The van der Waals surface area contributed by atoms with Crippen LogP contribution in [0.1, 0.15) is 17.2 Å². The molecule has 4 rings (SSSR count). The van der Waals surface area contributed by atoms with Gasteiger partial charge in [0.15, 0.2) is 0 Å². The molecule has 154 valence electrons. The van der Waals surface area contributed by atoms with Crippen LogP contribution in [-0.2, 0) is 21.2 Å². The number of halogens is 1. The smallest absolute Gasteiger partial charge is 0.326 e. The second-order valence-electron chi connectivity index (χ2n) is 6.69. The maximum absolute atomic E-state index is 13.2. The van der Waals surface area contributed by atoms with E-state index in [1.54, 1.807) is 36.4 Å². The number of fused-ring (bicyclic) bond motifs is 1. The van der Waals surface area contributed by atoms with Crippen molar-refractivity contribution >= 4 is 27.6 Å². The zero-order valence-corrected chi connectivity index (χ0v) is 17.2. The highest BCUT2D eigenvalue weighted by Crippen LogP contribution is 2.34. The van der Waals surface area contributed by atoms with Gasteiger partial charge in [0.25, 0.3) is 0 Å². The lowest BCUT2D eigenvalue weighted by Gasteiger charge is -2.33. The number of sulfonamides is 1. The number of hydrogen-bond donors (Lipinski definition) is 1. The van der Waals surface area contributed by atoms with E-state index < -0.39 is 22.0 Å². The van der Waals surface area contributed by atoms with Crippen molar-refractivity contribution in [2.45, 2.75) is 17.4 Å². The Hall–Kier alpha value is -2.94. The zero-order valence-electron chi connectivity index (χ0n) is 15.6. The van der Waals surface area contributed by atoms with Gasteiger partial charge in [0, 0.05) is 17.6 Å². The van der Waals surface area contributed by atoms with Crippen molar-refractivity contribution in [1.82, 2.24) is 9.29 Å². The topological polar surface area (TPSA) is 96.8 Å². The number of carbonyl (C=O) groups is 1. The van der Waals surface area contributed by atoms with Gasteiger partial charge in [-0.05, 0) is 47.9 Å². The maximum atomic E-state index is 13.2. The van der Waals surface area contributed by atoms with Gasteiger partial charge >= 0.3 is 5.97 Å². The van der Waals surface area contributed by atoms with E-state index in [2.05, 4.69) is 4.98 Å². The molecule has 1 atom stereocenters. The molecule has 0 radical (unpaired) electrons. The van der Waals surface area contributed by atoms with Crippen LogP contribution >= 0.6 is 11.6 Å². The SMILES string of the molecule is O=C(O)[C@H]1c2ccccc2CCN1S(=O)(=O)c1ccc(Oc2ccc(Cl)cc2)nc1. The van der Waals surface area contributed by atoms with E-state index in [0.717, 1.165) is 9.87 Å². The van der Waals surface area contributed by atoms with Crippen molar-refractivity contribution in [3.05, 3.63) is 83.0 Å². The lowest BCUT2D eigenvalue weighted by molar-refractivity contribution is -0.142. The molecule has 1 N–H and O–H groups in total. The molecule has 1 aliphatic rings. The molecule has 1 aliphatic heterocycles. The first kappa shape index (κ1) is 20.3. The summed E-state index contributed by atoms with van der Waals surface area (Å²) in [5, 5.41) is 10.3. The van der Waals surface area contributed by atoms with Crippen molar-refractivity contribution in [2.75, 3.05) is 6.54 Å². The minimum absolute atomic E-state index is 0.0688. The maximum Gasteiger partial charge on any atom is 0.326 e. The first-order valence-electron chi connectivity index (χ1n) is 9.08. The summed E-state index contributed by atoms with van der Waals surface area (Å²) in [5.41, 5.74) is 1.32. The Bertz CT molecular complexity index is 1180. The van der Waals surface area contributed by atoms with E-state index >= 15 is 0 Å². The molecule has 3 aromatic rings. The number of carboxylic acids is 1. The Balaban J connectivity index is 1.61. The average molecular weight is 445 g/mol. The number of rotatable bonds is 5. The van der Waals surface area contributed by atoms with Gasteiger partial charge in [-0.2, -0.15) is 4.31 Å². The summed E-state index contributed by atoms with van der Waals surface area (Å²) in [4.78, 5) is 15.9. The molecule has 2 aromatic carbocycles. The monoisotopic (exact) mass is 444 g/mol. The average Bonchev–Trinajstić information content (AvgIpc) is 2.74. The number of carboxylic acid groups (broad SMARTS) is 1. The highest BCUT2D eigenvalue weighted by atomic mass is 35.5. The fourth-order valence-electron chi connectivity index (χ4n) is 3.40. The minimum atomic E-state index is -4.08. The summed E-state index contributed by atoms with van der Waals surface area (Å²) in [5.74, 6) is -0.516. The third-order valence-electron chi connectivity index (χ3n) is 4.82. The van der Waals surface area contributed by atoms with E-state index in [0.29, 0.717) is 22.8 Å². The number of hydrogen-bond acceptors (Lipinski definition) is 5. The van der Waals surface area contributed by atoms with E-state index in [1.165, 1.54) is 18.3 Å². The van der Waals surface area contributed by atoms with Gasteiger partial charge < -0.3 is 9.84 Å². The van der Waals surface area contributed by atoms with E-state index in [1.807, 2.05) is 12.1 Å².